The van der Waals surface area contributed by atoms with Gasteiger partial charge >= 0.3 is 5.97 Å². The Kier molecular flexibility index (Phi) is 14.1. The van der Waals surface area contributed by atoms with Gasteiger partial charge in [-0.25, -0.2) is 0 Å². The molecule has 0 radical (unpaired) electrons. The van der Waals surface area contributed by atoms with E-state index in [2.05, 4.69) is 0 Å². The molecular formula is C18H34O5. The Bertz CT molecular complexity index is 317. The van der Waals surface area contributed by atoms with Gasteiger partial charge in [0.15, 0.2) is 0 Å². The zero-order chi connectivity index (χ0) is 17.5. The highest BCUT2D eigenvalue weighted by atomic mass is 16.4. The van der Waals surface area contributed by atoms with Gasteiger partial charge in [0, 0.05) is 12.8 Å². The van der Waals surface area contributed by atoms with Crippen LogP contribution in [0.2, 0.25) is 0 Å². The standard InChI is InChI=1S/C18H34O5/c1-2-11-15(19)14-17(21)16(20)12-9-7-5-3-4-6-8-10-13-18(22)23/h7,9,15-17,19-21H,2-6,8,10-14H2,1H3,(H,22,23). The Balaban J connectivity index is 3.56. The minimum Gasteiger partial charge on any atom is -0.481 e. The number of hydrogen-bond donors (Lipinski definition) is 4. The Morgan fingerprint density at radius 2 is 1.61 bits per heavy atom. The van der Waals surface area contributed by atoms with Crippen LogP contribution in [0.1, 0.15) is 77.6 Å². The summed E-state index contributed by atoms with van der Waals surface area (Å²) in [6, 6.07) is 0. The Morgan fingerprint density at radius 1 is 0.957 bits per heavy atom. The van der Waals surface area contributed by atoms with Crippen molar-refractivity contribution in [3.63, 3.8) is 0 Å². The monoisotopic (exact) mass is 330 g/mol. The maximum Gasteiger partial charge on any atom is 0.303 e. The quantitative estimate of drug-likeness (QED) is 0.273. The van der Waals surface area contributed by atoms with Gasteiger partial charge in [-0.05, 0) is 32.1 Å². The molecule has 0 saturated carbocycles. The third kappa shape index (κ3) is 14.4. The number of rotatable bonds is 15. The molecule has 3 unspecified atom stereocenters. The summed E-state index contributed by atoms with van der Waals surface area (Å²) in [4.78, 5) is 10.3. The number of aliphatic hydroxyl groups is 3. The van der Waals surface area contributed by atoms with Gasteiger partial charge in [-0.1, -0.05) is 44.8 Å². The second-order valence-corrected chi connectivity index (χ2v) is 6.22. The van der Waals surface area contributed by atoms with Crippen molar-refractivity contribution in [2.75, 3.05) is 0 Å². The van der Waals surface area contributed by atoms with E-state index in [4.69, 9.17) is 5.11 Å². The van der Waals surface area contributed by atoms with Crippen LogP contribution in [0.25, 0.3) is 0 Å². The lowest BCUT2D eigenvalue weighted by molar-refractivity contribution is -0.137. The van der Waals surface area contributed by atoms with Gasteiger partial charge in [0.05, 0.1) is 18.3 Å². The molecular weight excluding hydrogens is 296 g/mol. The third-order valence-electron chi connectivity index (χ3n) is 3.89. The van der Waals surface area contributed by atoms with E-state index >= 15 is 0 Å². The summed E-state index contributed by atoms with van der Waals surface area (Å²) in [5.41, 5.74) is 0. The normalized spacial score (nSPS) is 15.7. The maximum atomic E-state index is 10.3. The summed E-state index contributed by atoms with van der Waals surface area (Å²) in [6.45, 7) is 1.97. The van der Waals surface area contributed by atoms with Gasteiger partial charge in [-0.3, -0.25) is 4.79 Å². The first-order chi connectivity index (χ1) is 11.0. The third-order valence-corrected chi connectivity index (χ3v) is 3.89. The first kappa shape index (κ1) is 22.1. The van der Waals surface area contributed by atoms with Crippen LogP contribution in [0, 0.1) is 0 Å². The molecule has 0 aliphatic rings. The molecule has 0 amide bonds. The molecule has 3 atom stereocenters. The van der Waals surface area contributed by atoms with E-state index in [1.807, 2.05) is 19.1 Å². The largest absolute Gasteiger partial charge is 0.481 e. The number of carboxylic acid groups (broad SMARTS) is 1. The summed E-state index contributed by atoms with van der Waals surface area (Å²) in [6.07, 6.45) is 9.85. The van der Waals surface area contributed by atoms with Crippen molar-refractivity contribution in [3.8, 4) is 0 Å². The Labute approximate surface area is 140 Å². The van der Waals surface area contributed by atoms with Crippen LogP contribution in [0.15, 0.2) is 12.2 Å². The number of unbranched alkanes of at least 4 members (excludes halogenated alkanes) is 5. The molecule has 0 heterocycles. The van der Waals surface area contributed by atoms with Crippen molar-refractivity contribution in [1.82, 2.24) is 0 Å². The second kappa shape index (κ2) is 14.7. The molecule has 0 aliphatic carbocycles. The maximum absolute atomic E-state index is 10.3. The number of hydrogen-bond acceptors (Lipinski definition) is 4. The molecule has 4 N–H and O–H groups in total. The number of aliphatic hydroxyl groups excluding tert-OH is 3. The molecule has 0 fully saturated rings. The van der Waals surface area contributed by atoms with Crippen LogP contribution >= 0.6 is 0 Å². The van der Waals surface area contributed by atoms with Crippen molar-refractivity contribution in [1.29, 1.82) is 0 Å². The van der Waals surface area contributed by atoms with Gasteiger partial charge in [0.1, 0.15) is 0 Å². The lowest BCUT2D eigenvalue weighted by Gasteiger charge is -2.19. The number of carboxylic acids is 1. The number of aliphatic carboxylic acids is 1. The summed E-state index contributed by atoms with van der Waals surface area (Å²) in [7, 11) is 0. The fourth-order valence-corrected chi connectivity index (χ4v) is 2.47. The average molecular weight is 330 g/mol. The van der Waals surface area contributed by atoms with E-state index < -0.39 is 24.3 Å². The molecule has 136 valence electrons. The van der Waals surface area contributed by atoms with Crippen LogP contribution in [-0.4, -0.2) is 44.7 Å². The smallest absolute Gasteiger partial charge is 0.303 e. The number of carbonyl (C=O) groups is 1. The fraction of sp³-hybridized carbons (Fsp3) is 0.833. The van der Waals surface area contributed by atoms with E-state index in [-0.39, 0.29) is 12.8 Å². The predicted octanol–water partition coefficient (Wildman–Crippen LogP) is 3.02. The SMILES string of the molecule is CCCC(O)CC(O)C(O)CC=CCCCCCCCC(=O)O. The molecule has 0 aromatic rings. The van der Waals surface area contributed by atoms with E-state index in [1.165, 1.54) is 0 Å². The molecule has 5 nitrogen and oxygen atoms in total. The minimum absolute atomic E-state index is 0.221. The molecule has 0 bridgehead atoms. The van der Waals surface area contributed by atoms with Crippen molar-refractivity contribution in [2.24, 2.45) is 0 Å². The van der Waals surface area contributed by atoms with Gasteiger partial charge in [0.25, 0.3) is 0 Å². The van der Waals surface area contributed by atoms with Crippen molar-refractivity contribution in [3.05, 3.63) is 12.2 Å². The van der Waals surface area contributed by atoms with Crippen LogP contribution in [0.4, 0.5) is 0 Å². The fourth-order valence-electron chi connectivity index (χ4n) is 2.47. The van der Waals surface area contributed by atoms with Crippen LogP contribution in [0.5, 0.6) is 0 Å². The lowest BCUT2D eigenvalue weighted by Crippen LogP contribution is -2.29. The molecule has 5 heteroatoms. The van der Waals surface area contributed by atoms with E-state index in [9.17, 15) is 20.1 Å². The molecule has 0 saturated heterocycles. The van der Waals surface area contributed by atoms with Gasteiger partial charge in [-0.15, -0.1) is 0 Å². The summed E-state index contributed by atoms with van der Waals surface area (Å²) in [5.74, 6) is -0.726. The molecule has 0 aliphatic heterocycles. The molecule has 0 rings (SSSR count). The molecule has 0 spiro atoms. The van der Waals surface area contributed by atoms with Crippen molar-refractivity contribution < 1.29 is 25.2 Å². The summed E-state index contributed by atoms with van der Waals surface area (Å²) >= 11 is 0. The van der Waals surface area contributed by atoms with E-state index in [1.54, 1.807) is 0 Å². The first-order valence-electron chi connectivity index (χ1n) is 8.88. The Hall–Kier alpha value is -0.910. The zero-order valence-corrected chi connectivity index (χ0v) is 14.4. The highest BCUT2D eigenvalue weighted by Gasteiger charge is 2.18. The Morgan fingerprint density at radius 3 is 2.26 bits per heavy atom. The number of allylic oxidation sites excluding steroid dienone is 1. The van der Waals surface area contributed by atoms with Gasteiger partial charge < -0.3 is 20.4 Å². The van der Waals surface area contributed by atoms with Crippen LogP contribution in [0.3, 0.4) is 0 Å². The predicted molar refractivity (Wildman–Crippen MR) is 91.3 cm³/mol. The average Bonchev–Trinajstić information content (AvgIpc) is 2.48. The van der Waals surface area contributed by atoms with Crippen LogP contribution in [-0.2, 0) is 4.79 Å². The zero-order valence-electron chi connectivity index (χ0n) is 14.4. The van der Waals surface area contributed by atoms with Crippen molar-refractivity contribution >= 4 is 5.97 Å². The van der Waals surface area contributed by atoms with E-state index in [0.717, 1.165) is 44.9 Å². The highest BCUT2D eigenvalue weighted by Crippen LogP contribution is 2.12. The summed E-state index contributed by atoms with van der Waals surface area (Å²) < 4.78 is 0. The lowest BCUT2D eigenvalue weighted by atomic mass is 10.0. The summed E-state index contributed by atoms with van der Waals surface area (Å²) in [5, 5.41) is 37.7. The first-order valence-corrected chi connectivity index (χ1v) is 8.88. The van der Waals surface area contributed by atoms with Crippen molar-refractivity contribution in [2.45, 2.75) is 95.9 Å². The van der Waals surface area contributed by atoms with Gasteiger partial charge in [-0.2, -0.15) is 0 Å². The molecule has 0 aromatic heterocycles. The minimum atomic E-state index is -0.879. The molecule has 23 heavy (non-hydrogen) atoms. The molecule has 0 aromatic carbocycles. The van der Waals surface area contributed by atoms with Crippen LogP contribution < -0.4 is 0 Å². The van der Waals surface area contributed by atoms with E-state index in [0.29, 0.717) is 12.8 Å². The highest BCUT2D eigenvalue weighted by molar-refractivity contribution is 5.66. The topological polar surface area (TPSA) is 98.0 Å². The van der Waals surface area contributed by atoms with Gasteiger partial charge in [0.2, 0.25) is 0 Å². The second-order valence-electron chi connectivity index (χ2n) is 6.22.